The van der Waals surface area contributed by atoms with Crippen LogP contribution in [0.1, 0.15) is 30.4 Å². The molecule has 3 N–H and O–H groups in total. The van der Waals surface area contributed by atoms with Crippen LogP contribution in [0.2, 0.25) is 0 Å². The van der Waals surface area contributed by atoms with Crippen LogP contribution in [-0.2, 0) is 0 Å². The average Bonchev–Trinajstić information content (AvgIpc) is 2.13. The Morgan fingerprint density at radius 3 is 2.64 bits per heavy atom. The summed E-state index contributed by atoms with van der Waals surface area (Å²) in [4.78, 5) is 0. The molecule has 14 heavy (non-hydrogen) atoms. The summed E-state index contributed by atoms with van der Waals surface area (Å²) in [7, 11) is 0. The minimum absolute atomic E-state index is 0.255. The van der Waals surface area contributed by atoms with Crippen LogP contribution in [0.25, 0.3) is 0 Å². The minimum atomic E-state index is -0.534. The summed E-state index contributed by atoms with van der Waals surface area (Å²) >= 11 is 0. The molecule has 0 aliphatic rings. The van der Waals surface area contributed by atoms with E-state index in [0.29, 0.717) is 12.1 Å². The molecule has 78 valence electrons. The second kappa shape index (κ2) is 4.42. The van der Waals surface area contributed by atoms with Gasteiger partial charge in [0.2, 0.25) is 0 Å². The fraction of sp³-hybridized carbons (Fsp3) is 0.455. The van der Waals surface area contributed by atoms with E-state index in [4.69, 9.17) is 5.73 Å². The number of hydrogen-bond donors (Lipinski definition) is 2. The molecule has 0 aliphatic heterocycles. The largest absolute Gasteiger partial charge is 0.505 e. The monoisotopic (exact) mass is 197 g/mol. The van der Waals surface area contributed by atoms with Crippen molar-refractivity contribution < 1.29 is 9.50 Å². The standard InChI is InChI=1S/C11H16FNO/c1-7(3-4-13)9-5-8(2)11(12)10(14)6-9/h5-7,14H,3-4,13H2,1-2H3. The lowest BCUT2D eigenvalue weighted by Gasteiger charge is -2.12. The number of aryl methyl sites for hydroxylation is 1. The molecule has 0 spiro atoms. The van der Waals surface area contributed by atoms with E-state index in [1.54, 1.807) is 13.0 Å². The Kier molecular flexibility index (Phi) is 3.47. The molecule has 1 atom stereocenters. The molecule has 0 aliphatic carbocycles. The van der Waals surface area contributed by atoms with Gasteiger partial charge in [0.1, 0.15) is 0 Å². The van der Waals surface area contributed by atoms with Crippen molar-refractivity contribution in [3.8, 4) is 5.75 Å². The predicted octanol–water partition coefficient (Wildman–Crippen LogP) is 2.29. The molecule has 0 saturated heterocycles. The van der Waals surface area contributed by atoms with Crippen molar-refractivity contribution in [2.75, 3.05) is 6.54 Å². The Morgan fingerprint density at radius 1 is 1.50 bits per heavy atom. The highest BCUT2D eigenvalue weighted by atomic mass is 19.1. The van der Waals surface area contributed by atoms with Gasteiger partial charge in [-0.3, -0.25) is 0 Å². The summed E-state index contributed by atoms with van der Waals surface area (Å²) in [6.45, 7) is 4.26. The SMILES string of the molecule is Cc1cc(C(C)CCN)cc(O)c1F. The van der Waals surface area contributed by atoms with Crippen LogP contribution in [-0.4, -0.2) is 11.7 Å². The van der Waals surface area contributed by atoms with E-state index in [-0.39, 0.29) is 11.7 Å². The second-order valence-electron chi connectivity index (χ2n) is 3.65. The Morgan fingerprint density at radius 2 is 2.14 bits per heavy atom. The zero-order valence-electron chi connectivity index (χ0n) is 8.55. The van der Waals surface area contributed by atoms with Crippen LogP contribution in [0.3, 0.4) is 0 Å². The lowest BCUT2D eigenvalue weighted by atomic mass is 9.96. The first-order valence-electron chi connectivity index (χ1n) is 4.75. The first kappa shape index (κ1) is 11.0. The van der Waals surface area contributed by atoms with Gasteiger partial charge in [0.25, 0.3) is 0 Å². The molecule has 0 saturated carbocycles. The molecule has 0 bridgehead atoms. The summed E-state index contributed by atoms with van der Waals surface area (Å²) in [5.74, 6) is -0.553. The molecule has 1 aromatic carbocycles. The molecule has 0 aromatic heterocycles. The number of aromatic hydroxyl groups is 1. The van der Waals surface area contributed by atoms with Gasteiger partial charge in [0, 0.05) is 0 Å². The molecule has 0 radical (unpaired) electrons. The van der Waals surface area contributed by atoms with Crippen molar-refractivity contribution in [3.63, 3.8) is 0 Å². The lowest BCUT2D eigenvalue weighted by molar-refractivity contribution is 0.428. The zero-order chi connectivity index (χ0) is 10.7. The van der Waals surface area contributed by atoms with Crippen molar-refractivity contribution in [3.05, 3.63) is 29.1 Å². The number of hydrogen-bond acceptors (Lipinski definition) is 2. The van der Waals surface area contributed by atoms with Gasteiger partial charge in [-0.25, -0.2) is 4.39 Å². The summed E-state index contributed by atoms with van der Waals surface area (Å²) in [5, 5.41) is 9.29. The molecule has 1 aromatic rings. The quantitative estimate of drug-likeness (QED) is 0.781. The van der Waals surface area contributed by atoms with Crippen LogP contribution in [0.4, 0.5) is 4.39 Å². The smallest absolute Gasteiger partial charge is 0.167 e. The van der Waals surface area contributed by atoms with E-state index in [1.807, 2.05) is 6.92 Å². The maximum absolute atomic E-state index is 13.1. The van der Waals surface area contributed by atoms with Crippen LogP contribution in [0.5, 0.6) is 5.75 Å². The van der Waals surface area contributed by atoms with E-state index in [2.05, 4.69) is 0 Å². The Labute approximate surface area is 83.6 Å². The topological polar surface area (TPSA) is 46.2 Å². The van der Waals surface area contributed by atoms with Crippen molar-refractivity contribution in [1.29, 1.82) is 0 Å². The third-order valence-corrected chi connectivity index (χ3v) is 2.43. The third kappa shape index (κ3) is 2.23. The van der Waals surface area contributed by atoms with Gasteiger partial charge in [0.05, 0.1) is 0 Å². The molecule has 1 unspecified atom stereocenters. The number of nitrogens with two attached hydrogens (primary N) is 1. The number of halogens is 1. The Hall–Kier alpha value is -1.09. The molecule has 3 heteroatoms. The zero-order valence-corrected chi connectivity index (χ0v) is 8.55. The molecule has 0 amide bonds. The normalized spacial score (nSPS) is 12.9. The van der Waals surface area contributed by atoms with Crippen LogP contribution >= 0.6 is 0 Å². The number of benzene rings is 1. The highest BCUT2D eigenvalue weighted by Crippen LogP contribution is 2.27. The fourth-order valence-electron chi connectivity index (χ4n) is 1.48. The van der Waals surface area contributed by atoms with Crippen molar-refractivity contribution in [2.24, 2.45) is 5.73 Å². The summed E-state index contributed by atoms with van der Waals surface area (Å²) in [5.41, 5.74) is 6.85. The number of phenols is 1. The highest BCUT2D eigenvalue weighted by Gasteiger charge is 2.10. The maximum atomic E-state index is 13.1. The minimum Gasteiger partial charge on any atom is -0.505 e. The van der Waals surface area contributed by atoms with Gasteiger partial charge in [-0.05, 0) is 43.0 Å². The second-order valence-corrected chi connectivity index (χ2v) is 3.65. The van der Waals surface area contributed by atoms with Crippen LogP contribution < -0.4 is 5.73 Å². The Bertz CT molecular complexity index is 302. The van der Waals surface area contributed by atoms with Crippen LogP contribution in [0, 0.1) is 12.7 Å². The lowest BCUT2D eigenvalue weighted by Crippen LogP contribution is -2.05. The molecule has 2 nitrogen and oxygen atoms in total. The first-order chi connectivity index (χ1) is 6.56. The van der Waals surface area contributed by atoms with Gasteiger partial charge < -0.3 is 10.8 Å². The molecule has 0 heterocycles. The van der Waals surface area contributed by atoms with Crippen molar-refractivity contribution in [1.82, 2.24) is 0 Å². The highest BCUT2D eigenvalue weighted by molar-refractivity contribution is 5.36. The molecular weight excluding hydrogens is 181 g/mol. The summed E-state index contributed by atoms with van der Waals surface area (Å²) in [6.07, 6.45) is 0.838. The fourth-order valence-corrected chi connectivity index (χ4v) is 1.48. The first-order valence-corrected chi connectivity index (χ1v) is 4.75. The summed E-state index contributed by atoms with van der Waals surface area (Å²) < 4.78 is 13.1. The van der Waals surface area contributed by atoms with E-state index in [1.165, 1.54) is 6.07 Å². The predicted molar refractivity (Wildman–Crippen MR) is 54.9 cm³/mol. The van der Waals surface area contributed by atoms with Gasteiger partial charge in [-0.15, -0.1) is 0 Å². The van der Waals surface area contributed by atoms with E-state index in [0.717, 1.165) is 12.0 Å². The number of phenolic OH excluding ortho intramolecular Hbond substituents is 1. The van der Waals surface area contributed by atoms with Gasteiger partial charge in [-0.1, -0.05) is 13.0 Å². The van der Waals surface area contributed by atoms with Gasteiger partial charge in [0.15, 0.2) is 11.6 Å². The van der Waals surface area contributed by atoms with E-state index >= 15 is 0 Å². The molecule has 1 rings (SSSR count). The van der Waals surface area contributed by atoms with E-state index in [9.17, 15) is 9.50 Å². The van der Waals surface area contributed by atoms with Crippen molar-refractivity contribution in [2.45, 2.75) is 26.2 Å². The third-order valence-electron chi connectivity index (χ3n) is 2.43. The van der Waals surface area contributed by atoms with E-state index < -0.39 is 5.82 Å². The van der Waals surface area contributed by atoms with Crippen LogP contribution in [0.15, 0.2) is 12.1 Å². The van der Waals surface area contributed by atoms with Gasteiger partial charge in [-0.2, -0.15) is 0 Å². The molecule has 0 fully saturated rings. The summed E-state index contributed by atoms with van der Waals surface area (Å²) in [6, 6.07) is 3.23. The van der Waals surface area contributed by atoms with Gasteiger partial charge >= 0.3 is 0 Å². The number of rotatable bonds is 3. The molecular formula is C11H16FNO. The Balaban J connectivity index is 3.00. The van der Waals surface area contributed by atoms with Crippen molar-refractivity contribution >= 4 is 0 Å². The maximum Gasteiger partial charge on any atom is 0.167 e. The average molecular weight is 197 g/mol.